The van der Waals surface area contributed by atoms with Crippen LogP contribution in [0.1, 0.15) is 21.5 Å². The Kier molecular flexibility index (Phi) is 4.53. The molecule has 0 N–H and O–H groups in total. The van der Waals surface area contributed by atoms with E-state index < -0.39 is 11.6 Å². The zero-order valence-electron chi connectivity index (χ0n) is 15.6. The maximum Gasteiger partial charge on any atom is 0.344 e. The van der Waals surface area contributed by atoms with E-state index in [1.54, 1.807) is 36.4 Å². The summed E-state index contributed by atoms with van der Waals surface area (Å²) in [6, 6.07) is 21.7. The summed E-state index contributed by atoms with van der Waals surface area (Å²) >= 11 is 0. The van der Waals surface area contributed by atoms with Gasteiger partial charge in [0.1, 0.15) is 11.3 Å². The maximum absolute atomic E-state index is 12.6. The fraction of sp³-hybridized carbons (Fsp3) is 0.0833. The molecule has 0 saturated heterocycles. The van der Waals surface area contributed by atoms with Crippen LogP contribution in [0, 0.1) is 13.8 Å². The van der Waals surface area contributed by atoms with E-state index >= 15 is 0 Å². The Morgan fingerprint density at radius 2 is 1.68 bits per heavy atom. The van der Waals surface area contributed by atoms with Crippen LogP contribution in [0.25, 0.3) is 22.1 Å². The standard InChI is InChI=1S/C24H18O4/c1-15-7-6-10-18(13-15)23(25)27-19-11-12-20-16(2)22(17-8-4-3-5-9-17)24(26)28-21(20)14-19/h3-14H,1-2H3. The Bertz CT molecular complexity index is 1240. The highest BCUT2D eigenvalue weighted by Gasteiger charge is 2.15. The van der Waals surface area contributed by atoms with Gasteiger partial charge < -0.3 is 9.15 Å². The predicted octanol–water partition coefficient (Wildman–Crippen LogP) is 5.30. The first-order chi connectivity index (χ1) is 13.5. The predicted molar refractivity (Wildman–Crippen MR) is 109 cm³/mol. The summed E-state index contributed by atoms with van der Waals surface area (Å²) in [5, 5.41) is 0.800. The number of carbonyl (C=O) groups excluding carboxylic acids is 1. The van der Waals surface area contributed by atoms with E-state index in [1.165, 1.54) is 0 Å². The lowest BCUT2D eigenvalue weighted by molar-refractivity contribution is 0.0735. The maximum atomic E-state index is 12.6. The van der Waals surface area contributed by atoms with Crippen LogP contribution in [0.5, 0.6) is 5.75 Å². The number of hydrogen-bond acceptors (Lipinski definition) is 4. The lowest BCUT2D eigenvalue weighted by Crippen LogP contribution is -2.09. The Morgan fingerprint density at radius 1 is 0.893 bits per heavy atom. The van der Waals surface area contributed by atoms with Gasteiger partial charge in [0, 0.05) is 11.5 Å². The minimum atomic E-state index is -0.456. The quantitative estimate of drug-likeness (QED) is 0.279. The summed E-state index contributed by atoms with van der Waals surface area (Å²) < 4.78 is 11.0. The molecule has 0 aliphatic carbocycles. The summed E-state index contributed by atoms with van der Waals surface area (Å²) in [6.07, 6.45) is 0. The van der Waals surface area contributed by atoms with Crippen LogP contribution in [0.3, 0.4) is 0 Å². The molecule has 0 spiro atoms. The molecule has 4 nitrogen and oxygen atoms in total. The molecule has 4 heteroatoms. The van der Waals surface area contributed by atoms with E-state index in [4.69, 9.17) is 9.15 Å². The molecule has 0 fully saturated rings. The number of ether oxygens (including phenoxy) is 1. The van der Waals surface area contributed by atoms with E-state index in [0.29, 0.717) is 22.5 Å². The highest BCUT2D eigenvalue weighted by Crippen LogP contribution is 2.29. The van der Waals surface area contributed by atoms with Gasteiger partial charge in [-0.3, -0.25) is 0 Å². The summed E-state index contributed by atoms with van der Waals surface area (Å²) in [4.78, 5) is 24.9. The van der Waals surface area contributed by atoms with Crippen molar-refractivity contribution < 1.29 is 13.9 Å². The van der Waals surface area contributed by atoms with Gasteiger partial charge in [-0.1, -0.05) is 48.0 Å². The first-order valence-corrected chi connectivity index (χ1v) is 8.94. The molecular weight excluding hydrogens is 352 g/mol. The molecule has 0 aliphatic rings. The number of aryl methyl sites for hydroxylation is 2. The SMILES string of the molecule is Cc1cccc(C(=O)Oc2ccc3c(C)c(-c4ccccc4)c(=O)oc3c2)c1. The summed E-state index contributed by atoms with van der Waals surface area (Å²) in [6.45, 7) is 3.80. The second kappa shape index (κ2) is 7.16. The zero-order chi connectivity index (χ0) is 19.7. The molecular formula is C24H18O4. The Labute approximate surface area is 162 Å². The van der Waals surface area contributed by atoms with E-state index in [1.807, 2.05) is 50.2 Å². The van der Waals surface area contributed by atoms with Crippen LogP contribution in [-0.2, 0) is 0 Å². The highest BCUT2D eigenvalue weighted by molar-refractivity contribution is 5.92. The van der Waals surface area contributed by atoms with Gasteiger partial charge in [-0.15, -0.1) is 0 Å². The molecule has 1 heterocycles. The summed E-state index contributed by atoms with van der Waals surface area (Å²) in [7, 11) is 0. The van der Waals surface area contributed by atoms with Gasteiger partial charge in [0.05, 0.1) is 11.1 Å². The normalized spacial score (nSPS) is 10.8. The number of rotatable bonds is 3. The molecule has 3 aromatic carbocycles. The van der Waals surface area contributed by atoms with Gasteiger partial charge >= 0.3 is 11.6 Å². The number of carbonyl (C=O) groups is 1. The summed E-state index contributed by atoms with van der Waals surface area (Å²) in [5.74, 6) is -0.128. The van der Waals surface area contributed by atoms with Crippen LogP contribution in [0.2, 0.25) is 0 Å². The van der Waals surface area contributed by atoms with Crippen LogP contribution < -0.4 is 10.4 Å². The van der Waals surface area contributed by atoms with Crippen molar-refractivity contribution in [3.8, 4) is 16.9 Å². The monoisotopic (exact) mass is 370 g/mol. The Morgan fingerprint density at radius 3 is 2.43 bits per heavy atom. The van der Waals surface area contributed by atoms with Crippen molar-refractivity contribution in [1.82, 2.24) is 0 Å². The van der Waals surface area contributed by atoms with Crippen molar-refractivity contribution in [1.29, 1.82) is 0 Å². The number of esters is 1. The topological polar surface area (TPSA) is 56.5 Å². The molecule has 1 aromatic heterocycles. The third-order valence-corrected chi connectivity index (χ3v) is 4.67. The van der Waals surface area contributed by atoms with Crippen molar-refractivity contribution in [2.75, 3.05) is 0 Å². The molecule has 0 atom stereocenters. The molecule has 0 bridgehead atoms. The molecule has 0 unspecified atom stereocenters. The molecule has 4 aromatic rings. The van der Waals surface area contributed by atoms with Gasteiger partial charge in [-0.25, -0.2) is 9.59 Å². The number of benzene rings is 3. The number of fused-ring (bicyclic) bond motifs is 1. The van der Waals surface area contributed by atoms with Gasteiger partial charge in [-0.05, 0) is 49.2 Å². The Balaban J connectivity index is 1.72. The molecule has 0 amide bonds. The van der Waals surface area contributed by atoms with Crippen LogP contribution in [-0.4, -0.2) is 5.97 Å². The van der Waals surface area contributed by atoms with E-state index in [-0.39, 0.29) is 0 Å². The van der Waals surface area contributed by atoms with Gasteiger partial charge in [-0.2, -0.15) is 0 Å². The Hall–Kier alpha value is -3.66. The lowest BCUT2D eigenvalue weighted by atomic mass is 10.00. The first kappa shape index (κ1) is 17.7. The van der Waals surface area contributed by atoms with Crippen molar-refractivity contribution in [3.63, 3.8) is 0 Å². The van der Waals surface area contributed by atoms with Crippen LogP contribution >= 0.6 is 0 Å². The fourth-order valence-corrected chi connectivity index (χ4v) is 3.28. The van der Waals surface area contributed by atoms with E-state index in [2.05, 4.69) is 0 Å². The largest absolute Gasteiger partial charge is 0.423 e. The molecule has 0 radical (unpaired) electrons. The van der Waals surface area contributed by atoms with Crippen molar-refractivity contribution in [2.45, 2.75) is 13.8 Å². The fourth-order valence-electron chi connectivity index (χ4n) is 3.28. The first-order valence-electron chi connectivity index (χ1n) is 8.94. The molecule has 28 heavy (non-hydrogen) atoms. The molecule has 0 saturated carbocycles. The van der Waals surface area contributed by atoms with Crippen LogP contribution in [0.4, 0.5) is 0 Å². The molecule has 0 aliphatic heterocycles. The third kappa shape index (κ3) is 3.32. The average Bonchev–Trinajstić information content (AvgIpc) is 2.68. The van der Waals surface area contributed by atoms with Gasteiger partial charge in [0.25, 0.3) is 0 Å². The second-order valence-corrected chi connectivity index (χ2v) is 6.67. The van der Waals surface area contributed by atoms with Crippen LogP contribution in [0.15, 0.2) is 82.0 Å². The minimum Gasteiger partial charge on any atom is -0.423 e. The lowest BCUT2D eigenvalue weighted by Gasteiger charge is -2.10. The highest BCUT2D eigenvalue weighted by atomic mass is 16.5. The van der Waals surface area contributed by atoms with Crippen molar-refractivity contribution >= 4 is 16.9 Å². The molecule has 4 rings (SSSR count). The second-order valence-electron chi connectivity index (χ2n) is 6.67. The third-order valence-electron chi connectivity index (χ3n) is 4.67. The van der Waals surface area contributed by atoms with E-state index in [0.717, 1.165) is 22.1 Å². The van der Waals surface area contributed by atoms with Gasteiger partial charge in [0.15, 0.2) is 0 Å². The van der Waals surface area contributed by atoms with Gasteiger partial charge in [0.2, 0.25) is 0 Å². The minimum absolute atomic E-state index is 0.328. The molecule has 138 valence electrons. The number of hydrogen-bond donors (Lipinski definition) is 0. The smallest absolute Gasteiger partial charge is 0.344 e. The zero-order valence-corrected chi connectivity index (χ0v) is 15.6. The van der Waals surface area contributed by atoms with Crippen molar-refractivity contribution in [3.05, 3.63) is 99.9 Å². The van der Waals surface area contributed by atoms with Crippen molar-refractivity contribution in [2.24, 2.45) is 0 Å². The van der Waals surface area contributed by atoms with E-state index in [9.17, 15) is 9.59 Å². The summed E-state index contributed by atoms with van der Waals surface area (Å²) in [5.41, 5.74) is 3.59. The average molecular weight is 370 g/mol.